The standard InChI is InChI=1S/C17H33N3/c1-4-5-6-7-8-9-10-11-16(18-2)12-13-17-19-14-15-20(17)3/h14-16,18H,4-13H2,1-3H3. The van der Waals surface area contributed by atoms with E-state index in [1.165, 1.54) is 63.6 Å². The van der Waals surface area contributed by atoms with Crippen molar-refractivity contribution in [3.05, 3.63) is 18.2 Å². The van der Waals surface area contributed by atoms with Gasteiger partial charge in [-0.1, -0.05) is 51.9 Å². The number of rotatable bonds is 12. The van der Waals surface area contributed by atoms with Crippen molar-refractivity contribution in [3.8, 4) is 0 Å². The van der Waals surface area contributed by atoms with Gasteiger partial charge in [-0.15, -0.1) is 0 Å². The largest absolute Gasteiger partial charge is 0.338 e. The number of hydrogen-bond acceptors (Lipinski definition) is 2. The van der Waals surface area contributed by atoms with E-state index in [0.29, 0.717) is 6.04 Å². The first kappa shape index (κ1) is 17.2. The maximum absolute atomic E-state index is 4.40. The molecule has 0 spiro atoms. The summed E-state index contributed by atoms with van der Waals surface area (Å²) in [5.74, 6) is 1.20. The highest BCUT2D eigenvalue weighted by molar-refractivity contribution is 4.91. The van der Waals surface area contributed by atoms with Gasteiger partial charge in [-0.3, -0.25) is 0 Å². The van der Waals surface area contributed by atoms with Gasteiger partial charge in [-0.05, 0) is 19.9 Å². The van der Waals surface area contributed by atoms with Crippen LogP contribution in [0.5, 0.6) is 0 Å². The third-order valence-electron chi connectivity index (χ3n) is 4.20. The monoisotopic (exact) mass is 279 g/mol. The van der Waals surface area contributed by atoms with Crippen LogP contribution in [0.25, 0.3) is 0 Å². The lowest BCUT2D eigenvalue weighted by Gasteiger charge is -2.15. The maximum atomic E-state index is 4.40. The molecule has 1 heterocycles. The summed E-state index contributed by atoms with van der Waals surface area (Å²) in [6.45, 7) is 2.28. The number of aryl methyl sites for hydroxylation is 2. The Hall–Kier alpha value is -0.830. The minimum Gasteiger partial charge on any atom is -0.338 e. The van der Waals surface area contributed by atoms with Crippen LogP contribution in [-0.4, -0.2) is 22.6 Å². The summed E-state index contributed by atoms with van der Waals surface area (Å²) < 4.78 is 2.13. The molecule has 0 radical (unpaired) electrons. The summed E-state index contributed by atoms with van der Waals surface area (Å²) >= 11 is 0. The fourth-order valence-electron chi connectivity index (χ4n) is 2.72. The molecule has 0 aliphatic heterocycles. The number of aromatic nitrogens is 2. The number of unbranched alkanes of at least 4 members (excludes halogenated alkanes) is 6. The lowest BCUT2D eigenvalue weighted by molar-refractivity contribution is 0.452. The highest BCUT2D eigenvalue weighted by atomic mass is 15.0. The highest BCUT2D eigenvalue weighted by Crippen LogP contribution is 2.12. The summed E-state index contributed by atoms with van der Waals surface area (Å²) in [5, 5.41) is 3.46. The number of imidazole rings is 1. The molecule has 1 aromatic rings. The minimum atomic E-state index is 0.641. The van der Waals surface area contributed by atoms with Crippen molar-refractivity contribution < 1.29 is 0 Å². The first-order chi connectivity index (χ1) is 9.77. The van der Waals surface area contributed by atoms with E-state index in [9.17, 15) is 0 Å². The van der Waals surface area contributed by atoms with Crippen LogP contribution in [-0.2, 0) is 13.5 Å². The molecule has 3 nitrogen and oxygen atoms in total. The lowest BCUT2D eigenvalue weighted by Crippen LogP contribution is -2.26. The number of nitrogens with zero attached hydrogens (tertiary/aromatic N) is 2. The predicted octanol–water partition coefficient (Wildman–Crippen LogP) is 4.08. The van der Waals surface area contributed by atoms with Crippen LogP contribution in [0.3, 0.4) is 0 Å². The van der Waals surface area contributed by atoms with E-state index >= 15 is 0 Å². The van der Waals surface area contributed by atoms with Crippen molar-refractivity contribution in [1.29, 1.82) is 0 Å². The van der Waals surface area contributed by atoms with E-state index < -0.39 is 0 Å². The first-order valence-electron chi connectivity index (χ1n) is 8.41. The summed E-state index contributed by atoms with van der Waals surface area (Å²) in [7, 11) is 4.16. The Bertz CT molecular complexity index is 333. The zero-order valence-electron chi connectivity index (χ0n) is 13.7. The second kappa shape index (κ2) is 10.9. The average Bonchev–Trinajstić information content (AvgIpc) is 2.86. The molecule has 0 aliphatic carbocycles. The molecule has 1 unspecified atom stereocenters. The molecule has 0 saturated heterocycles. The Balaban J connectivity index is 2.06. The van der Waals surface area contributed by atoms with Crippen molar-refractivity contribution in [2.45, 2.75) is 77.2 Å². The summed E-state index contributed by atoms with van der Waals surface area (Å²) in [6.07, 6.45) is 17.2. The second-order valence-corrected chi connectivity index (χ2v) is 5.89. The summed E-state index contributed by atoms with van der Waals surface area (Å²) in [5.41, 5.74) is 0. The van der Waals surface area contributed by atoms with Gasteiger partial charge >= 0.3 is 0 Å². The maximum Gasteiger partial charge on any atom is 0.108 e. The van der Waals surface area contributed by atoms with Crippen LogP contribution in [0.4, 0.5) is 0 Å². The van der Waals surface area contributed by atoms with Crippen molar-refractivity contribution in [2.24, 2.45) is 7.05 Å². The Labute approximate surface area is 125 Å². The molecular formula is C17H33N3. The third kappa shape index (κ3) is 7.09. The Morgan fingerprint density at radius 1 is 1.10 bits per heavy atom. The highest BCUT2D eigenvalue weighted by Gasteiger charge is 2.08. The van der Waals surface area contributed by atoms with E-state index in [4.69, 9.17) is 0 Å². The fourth-order valence-corrected chi connectivity index (χ4v) is 2.72. The normalized spacial score (nSPS) is 12.8. The van der Waals surface area contributed by atoms with Crippen LogP contribution in [0.15, 0.2) is 12.4 Å². The van der Waals surface area contributed by atoms with Gasteiger partial charge < -0.3 is 9.88 Å². The van der Waals surface area contributed by atoms with Crippen LogP contribution in [0.1, 0.15) is 70.5 Å². The Morgan fingerprint density at radius 2 is 1.80 bits per heavy atom. The van der Waals surface area contributed by atoms with Crippen LogP contribution >= 0.6 is 0 Å². The molecule has 0 amide bonds. The molecule has 20 heavy (non-hydrogen) atoms. The molecule has 0 aromatic carbocycles. The topological polar surface area (TPSA) is 29.9 Å². The number of hydrogen-bond donors (Lipinski definition) is 1. The fraction of sp³-hybridized carbons (Fsp3) is 0.824. The van der Waals surface area contributed by atoms with Crippen molar-refractivity contribution in [1.82, 2.24) is 14.9 Å². The molecule has 1 aromatic heterocycles. The minimum absolute atomic E-state index is 0.641. The van der Waals surface area contributed by atoms with Gasteiger partial charge in [-0.2, -0.15) is 0 Å². The quantitative estimate of drug-likeness (QED) is 0.584. The van der Waals surface area contributed by atoms with Crippen LogP contribution in [0, 0.1) is 0 Å². The van der Waals surface area contributed by atoms with E-state index in [1.54, 1.807) is 0 Å². The van der Waals surface area contributed by atoms with Gasteiger partial charge in [0.05, 0.1) is 0 Å². The lowest BCUT2D eigenvalue weighted by atomic mass is 10.0. The summed E-state index contributed by atoms with van der Waals surface area (Å²) in [4.78, 5) is 4.40. The molecule has 1 atom stereocenters. The average molecular weight is 279 g/mol. The van der Waals surface area contributed by atoms with Crippen molar-refractivity contribution >= 4 is 0 Å². The zero-order valence-corrected chi connectivity index (χ0v) is 13.7. The molecule has 0 bridgehead atoms. The van der Waals surface area contributed by atoms with Crippen LogP contribution < -0.4 is 5.32 Å². The van der Waals surface area contributed by atoms with Gasteiger partial charge in [0.1, 0.15) is 5.82 Å². The second-order valence-electron chi connectivity index (χ2n) is 5.89. The Kier molecular flexibility index (Phi) is 9.38. The van der Waals surface area contributed by atoms with Crippen molar-refractivity contribution in [2.75, 3.05) is 7.05 Å². The molecular weight excluding hydrogens is 246 g/mol. The molecule has 0 aliphatic rings. The third-order valence-corrected chi connectivity index (χ3v) is 4.20. The Morgan fingerprint density at radius 3 is 2.40 bits per heavy atom. The van der Waals surface area contributed by atoms with E-state index in [0.717, 1.165) is 6.42 Å². The first-order valence-corrected chi connectivity index (χ1v) is 8.41. The van der Waals surface area contributed by atoms with E-state index in [1.807, 2.05) is 12.4 Å². The van der Waals surface area contributed by atoms with Gasteiger partial charge in [-0.25, -0.2) is 4.98 Å². The van der Waals surface area contributed by atoms with Gasteiger partial charge in [0, 0.05) is 31.9 Å². The molecule has 1 rings (SSSR count). The smallest absolute Gasteiger partial charge is 0.108 e. The number of nitrogens with one attached hydrogen (secondary N) is 1. The van der Waals surface area contributed by atoms with E-state index in [-0.39, 0.29) is 0 Å². The SMILES string of the molecule is CCCCCCCCCC(CCc1nccn1C)NC. The zero-order chi connectivity index (χ0) is 14.6. The summed E-state index contributed by atoms with van der Waals surface area (Å²) in [6, 6.07) is 0.641. The molecule has 0 saturated carbocycles. The molecule has 116 valence electrons. The van der Waals surface area contributed by atoms with Crippen molar-refractivity contribution in [3.63, 3.8) is 0 Å². The van der Waals surface area contributed by atoms with E-state index in [2.05, 4.69) is 35.9 Å². The predicted molar refractivity (Wildman–Crippen MR) is 87.0 cm³/mol. The van der Waals surface area contributed by atoms with Gasteiger partial charge in [0.2, 0.25) is 0 Å². The van der Waals surface area contributed by atoms with Gasteiger partial charge in [0.25, 0.3) is 0 Å². The molecule has 1 N–H and O–H groups in total. The van der Waals surface area contributed by atoms with Crippen LogP contribution in [0.2, 0.25) is 0 Å². The molecule has 0 fully saturated rings. The van der Waals surface area contributed by atoms with Gasteiger partial charge in [0.15, 0.2) is 0 Å². The molecule has 3 heteroatoms.